The Labute approximate surface area is 148 Å². The first-order chi connectivity index (χ1) is 12.6. The molecule has 0 spiro atoms. The van der Waals surface area contributed by atoms with Crippen molar-refractivity contribution in [3.8, 4) is 22.9 Å². The molecule has 4 rings (SSSR count). The van der Waals surface area contributed by atoms with Gasteiger partial charge in [0.15, 0.2) is 11.5 Å². The minimum Gasteiger partial charge on any atom is -0.486 e. The lowest BCUT2D eigenvalue weighted by Crippen LogP contribution is -2.25. The molecule has 0 saturated carbocycles. The number of ether oxygens (including phenoxy) is 2. The van der Waals surface area contributed by atoms with E-state index in [0.29, 0.717) is 37.5 Å². The highest BCUT2D eigenvalue weighted by atomic mass is 16.6. The molecule has 1 aliphatic heterocycles. The lowest BCUT2D eigenvalue weighted by Gasteiger charge is -2.20. The van der Waals surface area contributed by atoms with Gasteiger partial charge in [-0.15, -0.1) is 0 Å². The van der Waals surface area contributed by atoms with E-state index < -0.39 is 5.69 Å². The molecule has 26 heavy (non-hydrogen) atoms. The van der Waals surface area contributed by atoms with Gasteiger partial charge >= 0.3 is 5.69 Å². The molecule has 0 atom stereocenters. The van der Waals surface area contributed by atoms with Gasteiger partial charge in [-0.25, -0.2) is 9.78 Å². The van der Waals surface area contributed by atoms with Crippen LogP contribution in [0.5, 0.6) is 11.5 Å². The van der Waals surface area contributed by atoms with Crippen molar-refractivity contribution in [2.24, 2.45) is 0 Å². The molecule has 3 aromatic rings. The van der Waals surface area contributed by atoms with Gasteiger partial charge in [0.05, 0.1) is 0 Å². The zero-order valence-corrected chi connectivity index (χ0v) is 14.2. The third-order valence-corrected chi connectivity index (χ3v) is 4.36. The molecule has 0 unspecified atom stereocenters. The van der Waals surface area contributed by atoms with E-state index in [1.807, 2.05) is 29.8 Å². The Bertz CT molecular complexity index is 1060. The van der Waals surface area contributed by atoms with E-state index in [4.69, 9.17) is 9.47 Å². The van der Waals surface area contributed by atoms with E-state index in [0.717, 1.165) is 22.7 Å². The molecule has 8 heteroatoms. The molecule has 2 aromatic heterocycles. The summed E-state index contributed by atoms with van der Waals surface area (Å²) in [6.45, 7) is 3.63. The monoisotopic (exact) mass is 354 g/mol. The molecule has 1 aromatic carbocycles. The zero-order chi connectivity index (χ0) is 18.1. The Morgan fingerprint density at radius 3 is 2.73 bits per heavy atom. The highest BCUT2D eigenvalue weighted by Gasteiger charge is 2.17. The average Bonchev–Trinajstić information content (AvgIpc) is 3.08. The summed E-state index contributed by atoms with van der Waals surface area (Å²) >= 11 is 0. The fraction of sp³-hybridized carbons (Fsp3) is 0.278. The standard InChI is InChI=1S/C18H18N4O4/c1-11-8-14-15(26-7-6-25-14)9-13(11)16-19-3-5-22(16)4-2-12-10-20-18(24)21-17(12)23/h3,5,8-10H,2,4,6-7H2,1H3,(H2,20,21,23,24). The van der Waals surface area contributed by atoms with E-state index in [1.165, 1.54) is 6.20 Å². The van der Waals surface area contributed by atoms with Crippen LogP contribution in [0.25, 0.3) is 11.4 Å². The van der Waals surface area contributed by atoms with Crippen molar-refractivity contribution in [3.63, 3.8) is 0 Å². The number of H-pyrrole nitrogens is 2. The second-order valence-electron chi connectivity index (χ2n) is 6.10. The lowest BCUT2D eigenvalue weighted by atomic mass is 10.1. The number of fused-ring (bicyclic) bond motifs is 1. The number of aromatic nitrogens is 4. The number of benzene rings is 1. The van der Waals surface area contributed by atoms with Crippen LogP contribution < -0.4 is 20.7 Å². The van der Waals surface area contributed by atoms with E-state index in [1.54, 1.807) is 6.20 Å². The summed E-state index contributed by atoms with van der Waals surface area (Å²) in [7, 11) is 0. The van der Waals surface area contributed by atoms with Crippen molar-refractivity contribution in [3.05, 3.63) is 62.7 Å². The minimum atomic E-state index is -0.506. The third-order valence-electron chi connectivity index (χ3n) is 4.36. The number of hydrogen-bond donors (Lipinski definition) is 2. The number of aromatic amines is 2. The molecule has 0 bridgehead atoms. The van der Waals surface area contributed by atoms with Crippen molar-refractivity contribution < 1.29 is 9.47 Å². The van der Waals surface area contributed by atoms with E-state index >= 15 is 0 Å². The predicted molar refractivity (Wildman–Crippen MR) is 94.8 cm³/mol. The first kappa shape index (κ1) is 16.2. The number of nitrogens with one attached hydrogen (secondary N) is 2. The van der Waals surface area contributed by atoms with E-state index in [-0.39, 0.29) is 5.56 Å². The molecule has 0 saturated heterocycles. The van der Waals surface area contributed by atoms with E-state index in [9.17, 15) is 9.59 Å². The van der Waals surface area contributed by atoms with Gasteiger partial charge in [-0.1, -0.05) is 0 Å². The fourth-order valence-corrected chi connectivity index (χ4v) is 3.03. The van der Waals surface area contributed by atoms with Gasteiger partial charge in [-0.05, 0) is 31.0 Å². The SMILES string of the molecule is Cc1cc2c(cc1-c1nccn1CCc1c[nH]c(=O)[nH]c1=O)OCCO2. The van der Waals surface area contributed by atoms with Crippen LogP contribution in [0.3, 0.4) is 0 Å². The molecule has 134 valence electrons. The second kappa shape index (κ2) is 6.55. The first-order valence-corrected chi connectivity index (χ1v) is 8.34. The summed E-state index contributed by atoms with van der Waals surface area (Å²) in [4.78, 5) is 32.2. The first-order valence-electron chi connectivity index (χ1n) is 8.34. The van der Waals surface area contributed by atoms with Gasteiger partial charge < -0.3 is 19.0 Å². The molecule has 0 radical (unpaired) electrons. The van der Waals surface area contributed by atoms with Crippen molar-refractivity contribution in [2.45, 2.75) is 19.9 Å². The molecule has 0 aliphatic carbocycles. The number of imidazole rings is 1. The summed E-state index contributed by atoms with van der Waals surface area (Å²) in [5.74, 6) is 2.25. The number of nitrogens with zero attached hydrogens (tertiary/aromatic N) is 2. The fourth-order valence-electron chi connectivity index (χ4n) is 3.03. The highest BCUT2D eigenvalue weighted by Crippen LogP contribution is 2.36. The molecule has 3 heterocycles. The third kappa shape index (κ3) is 3.01. The average molecular weight is 354 g/mol. The summed E-state index contributed by atoms with van der Waals surface area (Å²) in [6, 6.07) is 3.89. The summed E-state index contributed by atoms with van der Waals surface area (Å²) in [6.07, 6.45) is 5.51. The van der Waals surface area contributed by atoms with Gasteiger partial charge in [0.2, 0.25) is 0 Å². The van der Waals surface area contributed by atoms with Crippen LogP contribution in [0.2, 0.25) is 0 Å². The van der Waals surface area contributed by atoms with Crippen molar-refractivity contribution in [2.75, 3.05) is 13.2 Å². The maximum atomic E-state index is 11.8. The number of aryl methyl sites for hydroxylation is 3. The Kier molecular flexibility index (Phi) is 4.08. The van der Waals surface area contributed by atoms with Gasteiger partial charge in [0.1, 0.15) is 19.0 Å². The van der Waals surface area contributed by atoms with Crippen LogP contribution in [0.4, 0.5) is 0 Å². The van der Waals surface area contributed by atoms with Crippen LogP contribution in [0.1, 0.15) is 11.1 Å². The quantitative estimate of drug-likeness (QED) is 0.734. The zero-order valence-electron chi connectivity index (χ0n) is 14.2. The minimum absolute atomic E-state index is 0.370. The Morgan fingerprint density at radius 2 is 1.96 bits per heavy atom. The maximum Gasteiger partial charge on any atom is 0.325 e. The van der Waals surface area contributed by atoms with E-state index in [2.05, 4.69) is 15.0 Å². The molecule has 1 aliphatic rings. The lowest BCUT2D eigenvalue weighted by molar-refractivity contribution is 0.171. The van der Waals surface area contributed by atoms with Crippen molar-refractivity contribution >= 4 is 0 Å². The van der Waals surface area contributed by atoms with Gasteiger partial charge in [-0.2, -0.15) is 0 Å². The molecule has 0 amide bonds. The highest BCUT2D eigenvalue weighted by molar-refractivity contribution is 5.66. The summed E-state index contributed by atoms with van der Waals surface area (Å²) in [5, 5.41) is 0. The van der Waals surface area contributed by atoms with Crippen LogP contribution in [0.15, 0.2) is 40.3 Å². The molecular weight excluding hydrogens is 336 g/mol. The normalized spacial score (nSPS) is 13.0. The Hall–Kier alpha value is -3.29. The number of rotatable bonds is 4. The molecule has 8 nitrogen and oxygen atoms in total. The molecular formula is C18H18N4O4. The van der Waals surface area contributed by atoms with Crippen molar-refractivity contribution in [1.82, 2.24) is 19.5 Å². The Balaban J connectivity index is 1.63. The van der Waals surface area contributed by atoms with Crippen LogP contribution in [0, 0.1) is 6.92 Å². The number of hydrogen-bond acceptors (Lipinski definition) is 5. The van der Waals surface area contributed by atoms with Gasteiger partial charge in [0.25, 0.3) is 5.56 Å². The largest absolute Gasteiger partial charge is 0.486 e. The van der Waals surface area contributed by atoms with Gasteiger partial charge in [-0.3, -0.25) is 9.78 Å². The van der Waals surface area contributed by atoms with Crippen LogP contribution >= 0.6 is 0 Å². The predicted octanol–water partition coefficient (Wildman–Crippen LogP) is 1.25. The maximum absolute atomic E-state index is 11.8. The molecule has 2 N–H and O–H groups in total. The second-order valence-corrected chi connectivity index (χ2v) is 6.10. The van der Waals surface area contributed by atoms with Crippen LogP contribution in [-0.2, 0) is 13.0 Å². The summed E-state index contributed by atoms with van der Waals surface area (Å²) < 4.78 is 13.3. The topological polar surface area (TPSA) is 102 Å². The summed E-state index contributed by atoms with van der Waals surface area (Å²) in [5.41, 5.74) is 1.63. The van der Waals surface area contributed by atoms with Crippen molar-refractivity contribution in [1.29, 1.82) is 0 Å². The van der Waals surface area contributed by atoms with Gasteiger partial charge in [0, 0.05) is 36.3 Å². The van der Waals surface area contributed by atoms with Crippen LogP contribution in [-0.4, -0.2) is 32.7 Å². The smallest absolute Gasteiger partial charge is 0.325 e. The Morgan fingerprint density at radius 1 is 1.19 bits per heavy atom. The molecule has 0 fully saturated rings.